The van der Waals surface area contributed by atoms with E-state index in [4.69, 9.17) is 14.2 Å². The molecule has 0 N–H and O–H groups in total. The van der Waals surface area contributed by atoms with E-state index in [9.17, 15) is 14.4 Å². The Bertz CT molecular complexity index is 1890. The fraction of sp³-hybridized carbons (Fsp3) is 0.597. The maximum absolute atomic E-state index is 12.9. The van der Waals surface area contributed by atoms with Crippen LogP contribution in [0, 0.1) is 0 Å². The molecule has 0 bridgehead atoms. The van der Waals surface area contributed by atoms with Gasteiger partial charge in [-0.1, -0.05) is 274 Å². The van der Waals surface area contributed by atoms with Crippen LogP contribution in [-0.4, -0.2) is 37.2 Å². The van der Waals surface area contributed by atoms with E-state index in [-0.39, 0.29) is 31.1 Å². The van der Waals surface area contributed by atoms with Gasteiger partial charge in [0.15, 0.2) is 6.10 Å². The Hall–Kier alpha value is -5.23. The van der Waals surface area contributed by atoms with Gasteiger partial charge < -0.3 is 14.2 Å². The summed E-state index contributed by atoms with van der Waals surface area (Å²) in [4.78, 5) is 38.4. The van der Waals surface area contributed by atoms with Crippen LogP contribution in [0.2, 0.25) is 0 Å². The van der Waals surface area contributed by atoms with Crippen molar-refractivity contribution in [3.63, 3.8) is 0 Å². The van der Waals surface area contributed by atoms with Gasteiger partial charge in [-0.15, -0.1) is 0 Å². The smallest absolute Gasteiger partial charge is 0.306 e. The molecule has 0 heterocycles. The molecule has 0 aromatic carbocycles. The third-order valence-electron chi connectivity index (χ3n) is 13.7. The van der Waals surface area contributed by atoms with E-state index in [1.165, 1.54) is 57.8 Å². The topological polar surface area (TPSA) is 78.9 Å². The molecule has 1 atom stereocenters. The lowest BCUT2D eigenvalue weighted by atomic mass is 10.1. The summed E-state index contributed by atoms with van der Waals surface area (Å²) in [6.45, 7) is 6.36. The van der Waals surface area contributed by atoms with Crippen LogP contribution in [0.4, 0.5) is 0 Å². The van der Waals surface area contributed by atoms with Gasteiger partial charge in [0, 0.05) is 19.3 Å². The first-order chi connectivity index (χ1) is 41.0. The van der Waals surface area contributed by atoms with E-state index < -0.39 is 6.10 Å². The maximum atomic E-state index is 12.9. The molecule has 0 saturated heterocycles. The van der Waals surface area contributed by atoms with Gasteiger partial charge in [-0.3, -0.25) is 14.4 Å². The predicted molar refractivity (Wildman–Crippen MR) is 361 cm³/mol. The molecule has 0 rings (SSSR count). The molecule has 0 aliphatic heterocycles. The molecular weight excluding hydrogens is 1020 g/mol. The largest absolute Gasteiger partial charge is 0.462 e. The van der Waals surface area contributed by atoms with Gasteiger partial charge in [-0.2, -0.15) is 0 Å². The minimum atomic E-state index is -0.809. The minimum absolute atomic E-state index is 0.102. The maximum Gasteiger partial charge on any atom is 0.306 e. The first-order valence-corrected chi connectivity index (χ1v) is 33.6. The summed E-state index contributed by atoms with van der Waals surface area (Å²) in [5.74, 6) is -0.950. The SMILES string of the molecule is CC/C=C\C/C=C\C/C=C\C/C=C\C/C=C\C/C=C\C/C=C\C/C=C\CCCCCCC(=O)OCC(COC(=O)CCCCCCC/C=C\CCCCCC)OC(=O)CCCCCCCCC/C=C\C/C=C\C/C=C\C/C=C\C/C=C\CC. The zero-order chi connectivity index (χ0) is 59.9. The highest BCUT2D eigenvalue weighted by Gasteiger charge is 2.19. The molecule has 0 amide bonds. The molecule has 466 valence electrons. The molecule has 83 heavy (non-hydrogen) atoms. The van der Waals surface area contributed by atoms with Crippen LogP contribution < -0.4 is 0 Å². The highest BCUT2D eigenvalue weighted by Crippen LogP contribution is 2.14. The van der Waals surface area contributed by atoms with Crippen molar-refractivity contribution >= 4 is 17.9 Å². The van der Waals surface area contributed by atoms with Gasteiger partial charge in [0.1, 0.15) is 13.2 Å². The number of carbonyl (C=O) groups is 3. The normalized spacial score (nSPS) is 13.2. The molecule has 0 aliphatic carbocycles. The number of esters is 3. The van der Waals surface area contributed by atoms with E-state index in [0.29, 0.717) is 19.3 Å². The van der Waals surface area contributed by atoms with Gasteiger partial charge in [-0.05, 0) is 154 Å². The number of allylic oxidation sites excluding steroid dienone is 28. The van der Waals surface area contributed by atoms with Crippen LogP contribution in [-0.2, 0) is 28.6 Å². The van der Waals surface area contributed by atoms with Crippen LogP contribution in [0.3, 0.4) is 0 Å². The standard InChI is InChI=1S/C77H122O6/c1-4-7-10-13-16-19-22-25-27-29-31-33-35-36-37-38-39-40-42-43-45-47-49-52-55-58-61-64-67-70-76(79)82-73-74(72-81-75(78)69-66-63-60-57-54-51-24-21-18-15-12-9-6-3)83-77(80)71-68-65-62-59-56-53-50-48-46-44-41-34-32-30-28-26-23-20-17-14-11-8-5-2/h7-8,10-11,16-17,19-21,24-28,31-34,36-37,39-40,43-46,49,52,74H,4-6,9,12-15,18,22-23,29-30,35,38,41-42,47-48,50-51,53-73H2,1-3H3/b10-7-,11-8-,19-16-,20-17-,24-21-,27-25-,28-26-,33-31-,34-32-,37-36-,40-39-,45-43-,46-44-,52-49-. The van der Waals surface area contributed by atoms with E-state index >= 15 is 0 Å². The van der Waals surface area contributed by atoms with Crippen molar-refractivity contribution < 1.29 is 28.6 Å². The molecule has 0 aromatic heterocycles. The Kier molecular flexibility index (Phi) is 64.9. The molecule has 6 heteroatoms. The second-order valence-corrected chi connectivity index (χ2v) is 21.6. The Labute approximate surface area is 511 Å². The fourth-order valence-corrected chi connectivity index (χ4v) is 8.71. The summed E-state index contributed by atoms with van der Waals surface area (Å²) in [6.07, 6.45) is 102. The summed E-state index contributed by atoms with van der Waals surface area (Å²) in [5.41, 5.74) is 0. The van der Waals surface area contributed by atoms with Gasteiger partial charge in [-0.25, -0.2) is 0 Å². The van der Waals surface area contributed by atoms with Crippen LogP contribution in [0.5, 0.6) is 0 Å². The van der Waals surface area contributed by atoms with Gasteiger partial charge in [0.2, 0.25) is 0 Å². The van der Waals surface area contributed by atoms with Crippen molar-refractivity contribution in [3.8, 4) is 0 Å². The number of hydrogen-bond acceptors (Lipinski definition) is 6. The monoisotopic (exact) mass is 1140 g/mol. The second kappa shape index (κ2) is 69.3. The van der Waals surface area contributed by atoms with Crippen LogP contribution >= 0.6 is 0 Å². The van der Waals surface area contributed by atoms with Crippen molar-refractivity contribution in [1.29, 1.82) is 0 Å². The Morgan fingerprint density at radius 2 is 0.470 bits per heavy atom. The Morgan fingerprint density at radius 3 is 0.747 bits per heavy atom. The van der Waals surface area contributed by atoms with Crippen molar-refractivity contribution in [3.05, 3.63) is 170 Å². The van der Waals surface area contributed by atoms with E-state index in [1.807, 2.05) is 0 Å². The molecule has 6 nitrogen and oxygen atoms in total. The number of rotatable bonds is 59. The average molecular weight is 1140 g/mol. The Morgan fingerprint density at radius 1 is 0.253 bits per heavy atom. The van der Waals surface area contributed by atoms with Crippen molar-refractivity contribution in [1.82, 2.24) is 0 Å². The van der Waals surface area contributed by atoms with E-state index in [0.717, 1.165) is 180 Å². The van der Waals surface area contributed by atoms with Crippen LogP contribution in [0.1, 0.15) is 278 Å². The zero-order valence-corrected chi connectivity index (χ0v) is 53.4. The predicted octanol–water partition coefficient (Wildman–Crippen LogP) is 23.4. The second-order valence-electron chi connectivity index (χ2n) is 21.6. The molecule has 0 radical (unpaired) electrons. The molecule has 0 fully saturated rings. The molecule has 1 unspecified atom stereocenters. The molecule has 0 aliphatic rings. The van der Waals surface area contributed by atoms with Gasteiger partial charge in [0.25, 0.3) is 0 Å². The fourth-order valence-electron chi connectivity index (χ4n) is 8.71. The first-order valence-electron chi connectivity index (χ1n) is 33.6. The summed E-state index contributed by atoms with van der Waals surface area (Å²) < 4.78 is 16.9. The number of ether oxygens (including phenoxy) is 3. The lowest BCUT2D eigenvalue weighted by molar-refractivity contribution is -0.167. The van der Waals surface area contributed by atoms with E-state index in [2.05, 4.69) is 191 Å². The molecular formula is C77H122O6. The molecule has 0 aromatic rings. The molecule has 0 spiro atoms. The summed E-state index contributed by atoms with van der Waals surface area (Å²) >= 11 is 0. The highest BCUT2D eigenvalue weighted by atomic mass is 16.6. The summed E-state index contributed by atoms with van der Waals surface area (Å²) in [7, 11) is 0. The lowest BCUT2D eigenvalue weighted by Gasteiger charge is -2.18. The van der Waals surface area contributed by atoms with Crippen molar-refractivity contribution in [2.75, 3.05) is 13.2 Å². The van der Waals surface area contributed by atoms with Gasteiger partial charge >= 0.3 is 17.9 Å². The minimum Gasteiger partial charge on any atom is -0.462 e. The Balaban J connectivity index is 4.44. The highest BCUT2D eigenvalue weighted by molar-refractivity contribution is 5.71. The third kappa shape index (κ3) is 67.4. The summed E-state index contributed by atoms with van der Waals surface area (Å²) in [5, 5.41) is 0. The average Bonchev–Trinajstić information content (AvgIpc) is 3.49. The van der Waals surface area contributed by atoms with Crippen molar-refractivity contribution in [2.45, 2.75) is 284 Å². The third-order valence-corrected chi connectivity index (χ3v) is 13.7. The number of carbonyl (C=O) groups excluding carboxylic acids is 3. The van der Waals surface area contributed by atoms with E-state index in [1.54, 1.807) is 0 Å². The van der Waals surface area contributed by atoms with Gasteiger partial charge in [0.05, 0.1) is 0 Å². The van der Waals surface area contributed by atoms with Crippen LogP contribution in [0.25, 0.3) is 0 Å². The summed E-state index contributed by atoms with van der Waals surface area (Å²) in [6, 6.07) is 0. The zero-order valence-electron chi connectivity index (χ0n) is 53.4. The lowest BCUT2D eigenvalue weighted by Crippen LogP contribution is -2.30. The molecule has 0 saturated carbocycles. The number of unbranched alkanes of at least 4 members (excludes halogenated alkanes) is 20. The number of hydrogen-bond donors (Lipinski definition) is 0. The van der Waals surface area contributed by atoms with Crippen molar-refractivity contribution in [2.24, 2.45) is 0 Å². The quantitative estimate of drug-likeness (QED) is 0.0261. The first kappa shape index (κ1) is 77.8. The van der Waals surface area contributed by atoms with Crippen LogP contribution in [0.15, 0.2) is 170 Å².